The van der Waals surface area contributed by atoms with Crippen LogP contribution in [-0.2, 0) is 4.74 Å². The van der Waals surface area contributed by atoms with Crippen molar-refractivity contribution in [2.75, 3.05) is 24.2 Å². The van der Waals surface area contributed by atoms with Crippen LogP contribution >= 0.6 is 0 Å². The summed E-state index contributed by atoms with van der Waals surface area (Å²) in [5, 5.41) is 6.09. The van der Waals surface area contributed by atoms with Crippen molar-refractivity contribution in [3.8, 4) is 11.3 Å². The van der Waals surface area contributed by atoms with Crippen molar-refractivity contribution < 1.29 is 9.53 Å². The predicted octanol–water partition coefficient (Wildman–Crippen LogP) is 4.32. The highest BCUT2D eigenvalue weighted by Crippen LogP contribution is 2.26. The van der Waals surface area contributed by atoms with E-state index < -0.39 is 0 Å². The summed E-state index contributed by atoms with van der Waals surface area (Å²) in [6, 6.07) is 14.8. The van der Waals surface area contributed by atoms with Gasteiger partial charge in [-0.2, -0.15) is 0 Å². The third-order valence-corrected chi connectivity index (χ3v) is 4.77. The summed E-state index contributed by atoms with van der Waals surface area (Å²) in [6.07, 6.45) is 2.69. The zero-order valence-corrected chi connectivity index (χ0v) is 18.2. The monoisotopic (exact) mass is 419 g/mol. The molecule has 0 aliphatic heterocycles. The van der Waals surface area contributed by atoms with E-state index in [0.29, 0.717) is 24.7 Å². The lowest BCUT2D eigenvalue weighted by Gasteiger charge is -2.10. The van der Waals surface area contributed by atoms with E-state index in [2.05, 4.69) is 20.6 Å². The van der Waals surface area contributed by atoms with Crippen LogP contribution < -0.4 is 16.4 Å². The van der Waals surface area contributed by atoms with Crippen LogP contribution in [0.3, 0.4) is 0 Å². The van der Waals surface area contributed by atoms with Gasteiger partial charge in [-0.25, -0.2) is 9.97 Å². The second kappa shape index (κ2) is 10.5. The quantitative estimate of drug-likeness (QED) is 0.353. The SMILES string of the molecule is Cc1c(N)cccc1-c1ccnc(Nc2ccc(C(=O)NCCCOC(C)C)cc2)n1. The smallest absolute Gasteiger partial charge is 0.251 e. The molecule has 2 aromatic carbocycles. The molecule has 0 aliphatic carbocycles. The summed E-state index contributed by atoms with van der Waals surface area (Å²) in [5.41, 5.74) is 10.9. The van der Waals surface area contributed by atoms with Crippen LogP contribution in [0.25, 0.3) is 11.3 Å². The number of nitrogen functional groups attached to an aromatic ring is 1. The molecule has 3 rings (SSSR count). The normalized spacial score (nSPS) is 10.8. The van der Waals surface area contributed by atoms with E-state index in [0.717, 1.165) is 34.6 Å². The fourth-order valence-corrected chi connectivity index (χ4v) is 3.03. The Kier molecular flexibility index (Phi) is 7.56. The van der Waals surface area contributed by atoms with Crippen LogP contribution in [0.5, 0.6) is 0 Å². The standard InChI is InChI=1S/C24H29N5O2/c1-16(2)31-15-5-13-26-23(30)18-8-10-19(11-9-18)28-24-27-14-12-22(29-24)20-6-4-7-21(25)17(20)3/h4,6-12,14,16H,5,13,15,25H2,1-3H3,(H,26,30)(H,27,28,29). The molecule has 1 amide bonds. The summed E-state index contributed by atoms with van der Waals surface area (Å²) >= 11 is 0. The molecule has 0 radical (unpaired) electrons. The highest BCUT2D eigenvalue weighted by Gasteiger charge is 2.09. The molecule has 0 bridgehead atoms. The number of nitrogens with zero attached hydrogens (tertiary/aromatic N) is 2. The highest BCUT2D eigenvalue weighted by molar-refractivity contribution is 5.94. The molecule has 0 atom stereocenters. The van der Waals surface area contributed by atoms with Gasteiger partial charge < -0.3 is 21.1 Å². The predicted molar refractivity (Wildman–Crippen MR) is 124 cm³/mol. The van der Waals surface area contributed by atoms with Gasteiger partial charge in [-0.1, -0.05) is 12.1 Å². The first kappa shape index (κ1) is 22.2. The number of carbonyl (C=O) groups excluding carboxylic acids is 1. The Morgan fingerprint density at radius 2 is 1.90 bits per heavy atom. The van der Waals surface area contributed by atoms with Crippen LogP contribution in [0.1, 0.15) is 36.2 Å². The molecule has 4 N–H and O–H groups in total. The lowest BCUT2D eigenvalue weighted by atomic mass is 10.0. The summed E-state index contributed by atoms with van der Waals surface area (Å²) in [7, 11) is 0. The van der Waals surface area contributed by atoms with Crippen LogP contribution in [0.4, 0.5) is 17.3 Å². The van der Waals surface area contributed by atoms with E-state index in [4.69, 9.17) is 10.5 Å². The maximum absolute atomic E-state index is 12.3. The minimum Gasteiger partial charge on any atom is -0.398 e. The fourth-order valence-electron chi connectivity index (χ4n) is 3.03. The van der Waals surface area contributed by atoms with Crippen molar-refractivity contribution >= 4 is 23.2 Å². The number of amides is 1. The third-order valence-electron chi connectivity index (χ3n) is 4.77. The van der Waals surface area contributed by atoms with Crippen molar-refractivity contribution in [2.24, 2.45) is 0 Å². The first-order valence-electron chi connectivity index (χ1n) is 10.4. The van der Waals surface area contributed by atoms with Gasteiger partial charge >= 0.3 is 0 Å². The van der Waals surface area contributed by atoms with E-state index in [1.165, 1.54) is 0 Å². The molecule has 31 heavy (non-hydrogen) atoms. The molecule has 0 aliphatic rings. The molecule has 0 saturated heterocycles. The number of anilines is 3. The molecule has 7 nitrogen and oxygen atoms in total. The van der Waals surface area contributed by atoms with Gasteiger partial charge in [0.25, 0.3) is 5.91 Å². The number of aromatic nitrogens is 2. The first-order chi connectivity index (χ1) is 14.9. The van der Waals surface area contributed by atoms with Gasteiger partial charge in [-0.05, 0) is 69.2 Å². The molecule has 1 heterocycles. The minimum atomic E-state index is -0.105. The largest absolute Gasteiger partial charge is 0.398 e. The van der Waals surface area contributed by atoms with Gasteiger partial charge in [0.1, 0.15) is 0 Å². The molecular formula is C24H29N5O2. The molecule has 0 spiro atoms. The number of hydrogen-bond donors (Lipinski definition) is 3. The number of carbonyl (C=O) groups is 1. The molecule has 3 aromatic rings. The van der Waals surface area contributed by atoms with Crippen LogP contribution in [0, 0.1) is 6.92 Å². The van der Waals surface area contributed by atoms with Gasteiger partial charge in [0.2, 0.25) is 5.95 Å². The van der Waals surface area contributed by atoms with E-state index in [-0.39, 0.29) is 12.0 Å². The van der Waals surface area contributed by atoms with E-state index in [9.17, 15) is 4.79 Å². The summed E-state index contributed by atoms with van der Waals surface area (Å²) in [5.74, 6) is 0.369. The second-order valence-corrected chi connectivity index (χ2v) is 7.52. The highest BCUT2D eigenvalue weighted by atomic mass is 16.5. The van der Waals surface area contributed by atoms with Crippen LogP contribution in [0.15, 0.2) is 54.7 Å². The molecule has 7 heteroatoms. The molecule has 162 valence electrons. The Bertz CT molecular complexity index is 1020. The Balaban J connectivity index is 1.60. The molecular weight excluding hydrogens is 390 g/mol. The van der Waals surface area contributed by atoms with Gasteiger partial charge in [0, 0.05) is 41.9 Å². The number of nitrogens with two attached hydrogens (primary N) is 1. The average molecular weight is 420 g/mol. The summed E-state index contributed by atoms with van der Waals surface area (Å²) in [4.78, 5) is 21.2. The molecule has 0 saturated carbocycles. The lowest BCUT2D eigenvalue weighted by Crippen LogP contribution is -2.25. The lowest BCUT2D eigenvalue weighted by molar-refractivity contribution is 0.0757. The fraction of sp³-hybridized carbons (Fsp3) is 0.292. The summed E-state index contributed by atoms with van der Waals surface area (Å²) < 4.78 is 5.47. The average Bonchev–Trinajstić information content (AvgIpc) is 2.76. The Morgan fingerprint density at radius 1 is 1.13 bits per heavy atom. The van der Waals surface area contributed by atoms with Gasteiger partial charge in [0.15, 0.2) is 0 Å². The number of benzene rings is 2. The van der Waals surface area contributed by atoms with Crippen molar-refractivity contribution in [2.45, 2.75) is 33.3 Å². The third kappa shape index (κ3) is 6.26. The number of ether oxygens (including phenoxy) is 1. The van der Waals surface area contributed by atoms with Crippen molar-refractivity contribution in [3.05, 3.63) is 65.9 Å². The zero-order chi connectivity index (χ0) is 22.2. The topological polar surface area (TPSA) is 102 Å². The van der Waals surface area contributed by atoms with Gasteiger partial charge in [-0.15, -0.1) is 0 Å². The maximum Gasteiger partial charge on any atom is 0.251 e. The number of rotatable bonds is 9. The molecule has 0 fully saturated rings. The summed E-state index contributed by atoms with van der Waals surface area (Å²) in [6.45, 7) is 7.17. The maximum atomic E-state index is 12.3. The van der Waals surface area contributed by atoms with Gasteiger partial charge in [0.05, 0.1) is 11.8 Å². The minimum absolute atomic E-state index is 0.105. The first-order valence-corrected chi connectivity index (χ1v) is 10.4. The van der Waals surface area contributed by atoms with Crippen molar-refractivity contribution in [1.29, 1.82) is 0 Å². The van der Waals surface area contributed by atoms with Crippen LogP contribution in [0.2, 0.25) is 0 Å². The van der Waals surface area contributed by atoms with Crippen molar-refractivity contribution in [3.63, 3.8) is 0 Å². The second-order valence-electron chi connectivity index (χ2n) is 7.52. The zero-order valence-electron chi connectivity index (χ0n) is 18.2. The Hall–Kier alpha value is -3.45. The van der Waals surface area contributed by atoms with E-state index >= 15 is 0 Å². The number of nitrogens with one attached hydrogen (secondary N) is 2. The van der Waals surface area contributed by atoms with Gasteiger partial charge in [-0.3, -0.25) is 4.79 Å². The number of hydrogen-bond acceptors (Lipinski definition) is 6. The van der Waals surface area contributed by atoms with Crippen molar-refractivity contribution in [1.82, 2.24) is 15.3 Å². The molecule has 0 unspecified atom stereocenters. The van der Waals surface area contributed by atoms with Crippen LogP contribution in [-0.4, -0.2) is 35.1 Å². The Morgan fingerprint density at radius 3 is 2.65 bits per heavy atom. The Labute approximate surface area is 183 Å². The van der Waals surface area contributed by atoms with E-state index in [1.54, 1.807) is 18.3 Å². The molecule has 1 aromatic heterocycles. The van der Waals surface area contributed by atoms with E-state index in [1.807, 2.05) is 57.2 Å².